The number of benzene rings is 4. The van der Waals surface area contributed by atoms with Gasteiger partial charge in [0, 0.05) is 16.6 Å². The van der Waals surface area contributed by atoms with Crippen molar-refractivity contribution in [3.8, 4) is 22.6 Å². The summed E-state index contributed by atoms with van der Waals surface area (Å²) in [7, 11) is 0. The van der Waals surface area contributed by atoms with Gasteiger partial charge in [0.25, 0.3) is 5.56 Å². The van der Waals surface area contributed by atoms with E-state index < -0.39 is 5.91 Å². The van der Waals surface area contributed by atoms with Gasteiger partial charge in [0.15, 0.2) is 0 Å². The number of hydrogen-bond acceptors (Lipinski definition) is 4. The van der Waals surface area contributed by atoms with E-state index in [9.17, 15) is 9.59 Å². The van der Waals surface area contributed by atoms with E-state index in [0.717, 1.165) is 55.7 Å². The first-order valence-electron chi connectivity index (χ1n) is 13.5. The highest BCUT2D eigenvalue weighted by Crippen LogP contribution is 2.41. The lowest BCUT2D eigenvalue weighted by Crippen LogP contribution is -2.19. The van der Waals surface area contributed by atoms with E-state index in [0.29, 0.717) is 23.3 Å². The third-order valence-corrected chi connectivity index (χ3v) is 7.75. The van der Waals surface area contributed by atoms with Gasteiger partial charge in [-0.25, -0.2) is 4.98 Å². The number of aryl methyl sites for hydroxylation is 2. The van der Waals surface area contributed by atoms with Gasteiger partial charge in [-0.2, -0.15) is 0 Å². The standard InChI is InChI=1S/C34H30N4O3/c1-20-22(3)37-33-27(17-31(35)39)30(41-18-23-10-5-4-6-11-23)16-26(32(20)33)24-13-9-15-29(21(24)2)38-19-36-28-14-8-7-12-25(28)34(38)40/h4-16,19,37H,17-18H2,1-3H3,(H2,35,39). The summed E-state index contributed by atoms with van der Waals surface area (Å²) in [6.07, 6.45) is 1.62. The van der Waals surface area contributed by atoms with Crippen molar-refractivity contribution >= 4 is 27.7 Å². The van der Waals surface area contributed by atoms with E-state index in [4.69, 9.17) is 10.5 Å². The van der Waals surface area contributed by atoms with Gasteiger partial charge in [0.2, 0.25) is 5.91 Å². The van der Waals surface area contributed by atoms with Crippen molar-refractivity contribution in [3.63, 3.8) is 0 Å². The highest BCUT2D eigenvalue weighted by molar-refractivity contribution is 6.03. The van der Waals surface area contributed by atoms with Crippen LogP contribution in [0, 0.1) is 20.8 Å². The van der Waals surface area contributed by atoms with Crippen LogP contribution in [0.25, 0.3) is 38.6 Å². The van der Waals surface area contributed by atoms with Gasteiger partial charge in [-0.05, 0) is 72.9 Å². The predicted molar refractivity (Wildman–Crippen MR) is 163 cm³/mol. The summed E-state index contributed by atoms with van der Waals surface area (Å²) in [6.45, 7) is 6.43. The minimum absolute atomic E-state index is 0.0392. The summed E-state index contributed by atoms with van der Waals surface area (Å²) >= 11 is 0. The van der Waals surface area contributed by atoms with E-state index >= 15 is 0 Å². The summed E-state index contributed by atoms with van der Waals surface area (Å²) in [5.41, 5.74) is 14.4. The number of aromatic amines is 1. The van der Waals surface area contributed by atoms with Crippen LogP contribution in [0.15, 0.2) is 90.0 Å². The summed E-state index contributed by atoms with van der Waals surface area (Å²) in [5, 5.41) is 1.56. The molecule has 0 spiro atoms. The zero-order chi connectivity index (χ0) is 28.7. The monoisotopic (exact) mass is 542 g/mol. The molecule has 0 aliphatic carbocycles. The van der Waals surface area contributed by atoms with Crippen LogP contribution in [-0.4, -0.2) is 20.4 Å². The number of ether oxygens (including phenoxy) is 1. The number of rotatable bonds is 7. The van der Waals surface area contributed by atoms with Crippen LogP contribution in [0.4, 0.5) is 0 Å². The second-order valence-corrected chi connectivity index (χ2v) is 10.3. The van der Waals surface area contributed by atoms with Gasteiger partial charge in [0.1, 0.15) is 18.7 Å². The number of H-pyrrole nitrogens is 1. The summed E-state index contributed by atoms with van der Waals surface area (Å²) in [5.74, 6) is 0.153. The van der Waals surface area contributed by atoms with Gasteiger partial charge >= 0.3 is 0 Å². The van der Waals surface area contributed by atoms with Crippen LogP contribution in [-0.2, 0) is 17.8 Å². The molecule has 0 saturated heterocycles. The first-order chi connectivity index (χ1) is 19.8. The summed E-state index contributed by atoms with van der Waals surface area (Å²) in [6, 6.07) is 25.2. The van der Waals surface area contributed by atoms with Crippen molar-refractivity contribution in [1.82, 2.24) is 14.5 Å². The molecule has 6 aromatic rings. The number of amides is 1. The van der Waals surface area contributed by atoms with Crippen molar-refractivity contribution in [3.05, 3.63) is 123 Å². The molecule has 41 heavy (non-hydrogen) atoms. The number of carbonyl (C=O) groups excluding carboxylic acids is 1. The van der Waals surface area contributed by atoms with E-state index in [1.54, 1.807) is 17.0 Å². The molecule has 0 saturated carbocycles. The zero-order valence-corrected chi connectivity index (χ0v) is 23.2. The molecule has 2 heterocycles. The van der Waals surface area contributed by atoms with Crippen LogP contribution in [0.3, 0.4) is 0 Å². The number of hydrogen-bond donors (Lipinski definition) is 2. The largest absolute Gasteiger partial charge is 0.489 e. The van der Waals surface area contributed by atoms with Crippen LogP contribution in [0.2, 0.25) is 0 Å². The van der Waals surface area contributed by atoms with Crippen molar-refractivity contribution < 1.29 is 9.53 Å². The third-order valence-electron chi connectivity index (χ3n) is 7.75. The zero-order valence-electron chi connectivity index (χ0n) is 23.2. The van der Waals surface area contributed by atoms with Gasteiger partial charge < -0.3 is 15.5 Å². The van der Waals surface area contributed by atoms with Crippen LogP contribution in [0.5, 0.6) is 5.75 Å². The normalized spacial score (nSPS) is 11.3. The summed E-state index contributed by atoms with van der Waals surface area (Å²) < 4.78 is 7.97. The average Bonchev–Trinajstić information content (AvgIpc) is 3.28. The molecule has 0 unspecified atom stereocenters. The van der Waals surface area contributed by atoms with Gasteiger partial charge in [-0.15, -0.1) is 0 Å². The second kappa shape index (κ2) is 10.4. The molecule has 4 aromatic carbocycles. The Morgan fingerprint density at radius 2 is 1.68 bits per heavy atom. The molecule has 7 heteroatoms. The minimum atomic E-state index is -0.435. The number of nitrogens with one attached hydrogen (secondary N) is 1. The topological polar surface area (TPSA) is 103 Å². The number of nitrogens with two attached hydrogens (primary N) is 1. The second-order valence-electron chi connectivity index (χ2n) is 10.3. The number of aromatic nitrogens is 3. The molecule has 204 valence electrons. The Bertz CT molecular complexity index is 2010. The molecular formula is C34H30N4O3. The van der Waals surface area contributed by atoms with Crippen molar-refractivity contribution in [1.29, 1.82) is 0 Å². The smallest absolute Gasteiger partial charge is 0.265 e. The Hall–Kier alpha value is -5.17. The Morgan fingerprint density at radius 1 is 0.927 bits per heavy atom. The fourth-order valence-corrected chi connectivity index (χ4v) is 5.54. The Labute approximate surface area is 237 Å². The van der Waals surface area contributed by atoms with E-state index in [2.05, 4.69) is 16.9 Å². The molecule has 2 aromatic heterocycles. The first-order valence-corrected chi connectivity index (χ1v) is 13.5. The van der Waals surface area contributed by atoms with Crippen LogP contribution >= 0.6 is 0 Å². The maximum Gasteiger partial charge on any atom is 0.265 e. The third kappa shape index (κ3) is 4.65. The van der Waals surface area contributed by atoms with E-state index in [1.807, 2.05) is 86.6 Å². The fraction of sp³-hybridized carbons (Fsp3) is 0.147. The molecular weight excluding hydrogens is 512 g/mol. The van der Waals surface area contributed by atoms with Crippen LogP contribution in [0.1, 0.15) is 27.9 Å². The number of carbonyl (C=O) groups is 1. The highest BCUT2D eigenvalue weighted by atomic mass is 16.5. The highest BCUT2D eigenvalue weighted by Gasteiger charge is 2.22. The number of fused-ring (bicyclic) bond motifs is 2. The molecule has 0 bridgehead atoms. The van der Waals surface area contributed by atoms with Gasteiger partial charge in [-0.3, -0.25) is 14.2 Å². The van der Waals surface area contributed by atoms with E-state index in [-0.39, 0.29) is 12.0 Å². The number of nitrogens with zero attached hydrogens (tertiary/aromatic N) is 2. The minimum Gasteiger partial charge on any atom is -0.489 e. The van der Waals surface area contributed by atoms with Crippen molar-refractivity contribution in [2.45, 2.75) is 33.8 Å². The van der Waals surface area contributed by atoms with Crippen molar-refractivity contribution in [2.24, 2.45) is 5.73 Å². The lowest BCUT2D eigenvalue weighted by Gasteiger charge is -2.18. The maximum absolute atomic E-state index is 13.5. The number of primary amides is 1. The lowest BCUT2D eigenvalue weighted by atomic mass is 9.91. The Kier molecular flexibility index (Phi) is 6.63. The molecule has 3 N–H and O–H groups in total. The Morgan fingerprint density at radius 3 is 2.46 bits per heavy atom. The first kappa shape index (κ1) is 26.1. The maximum atomic E-state index is 13.5. The average molecular weight is 543 g/mol. The fourth-order valence-electron chi connectivity index (χ4n) is 5.54. The lowest BCUT2D eigenvalue weighted by molar-refractivity contribution is -0.117. The van der Waals surface area contributed by atoms with Gasteiger partial charge in [0.05, 0.1) is 28.5 Å². The molecule has 0 aliphatic rings. The predicted octanol–water partition coefficient (Wildman–Crippen LogP) is 6.07. The molecule has 7 nitrogen and oxygen atoms in total. The quantitative estimate of drug-likeness (QED) is 0.256. The van der Waals surface area contributed by atoms with Crippen molar-refractivity contribution in [2.75, 3.05) is 0 Å². The number of para-hydroxylation sites is 1. The van der Waals surface area contributed by atoms with Crippen LogP contribution < -0.4 is 16.0 Å². The SMILES string of the molecule is Cc1[nH]c2c(CC(N)=O)c(OCc3ccccc3)cc(-c3cccc(-n4cnc5ccccc5c4=O)c3C)c2c1C. The molecule has 1 amide bonds. The summed E-state index contributed by atoms with van der Waals surface area (Å²) in [4.78, 5) is 33.7. The molecule has 0 aliphatic heterocycles. The molecule has 0 fully saturated rings. The molecule has 0 radical (unpaired) electrons. The van der Waals surface area contributed by atoms with Gasteiger partial charge in [-0.1, -0.05) is 54.6 Å². The molecule has 6 rings (SSSR count). The Balaban J connectivity index is 1.57. The molecule has 0 atom stereocenters. The van der Waals surface area contributed by atoms with E-state index in [1.165, 1.54) is 0 Å².